The number of carbonyl (C=O) groups excluding carboxylic acids is 2. The summed E-state index contributed by atoms with van der Waals surface area (Å²) in [7, 11) is 0. The monoisotopic (exact) mass is 389 g/mol. The number of hydrogen-bond acceptors (Lipinski definition) is 6. The Morgan fingerprint density at radius 3 is 2.62 bits per heavy atom. The van der Waals surface area contributed by atoms with Crippen molar-refractivity contribution in [2.45, 2.75) is 18.9 Å². The number of nitrogens with one attached hydrogen (secondary N) is 1. The maximum absolute atomic E-state index is 13.3. The zero-order valence-electron chi connectivity index (χ0n) is 16.2. The van der Waals surface area contributed by atoms with Crippen LogP contribution in [-0.4, -0.2) is 60.3 Å². The molecule has 1 aromatic heterocycles. The molecule has 1 aliphatic carbocycles. The number of ketones is 2. The summed E-state index contributed by atoms with van der Waals surface area (Å²) in [5.74, 6) is 0.819. The van der Waals surface area contributed by atoms with Crippen LogP contribution in [-0.2, 0) is 16.0 Å². The van der Waals surface area contributed by atoms with Gasteiger partial charge in [0.25, 0.3) is 0 Å². The average molecular weight is 389 g/mol. The van der Waals surface area contributed by atoms with Crippen molar-refractivity contribution in [3.63, 3.8) is 0 Å². The van der Waals surface area contributed by atoms with E-state index in [0.717, 1.165) is 54.9 Å². The van der Waals surface area contributed by atoms with Gasteiger partial charge >= 0.3 is 0 Å². The molecule has 2 aliphatic heterocycles. The Kier molecular flexibility index (Phi) is 4.73. The number of Topliss-reactive ketones (excluding diaryl/α,β-unsaturated/α-hetero) is 2. The minimum absolute atomic E-state index is 0.0151. The minimum Gasteiger partial charge on any atom is -0.479 e. The predicted molar refractivity (Wildman–Crippen MR) is 109 cm³/mol. The van der Waals surface area contributed by atoms with Crippen molar-refractivity contribution in [1.29, 1.82) is 0 Å². The van der Waals surface area contributed by atoms with Crippen LogP contribution >= 0.6 is 0 Å². The summed E-state index contributed by atoms with van der Waals surface area (Å²) >= 11 is 0. The Hall–Kier alpha value is -2.83. The van der Waals surface area contributed by atoms with Gasteiger partial charge in [0.05, 0.1) is 5.57 Å². The zero-order chi connectivity index (χ0) is 19.8. The van der Waals surface area contributed by atoms with E-state index in [1.807, 2.05) is 30.3 Å². The highest BCUT2D eigenvalue weighted by atomic mass is 16.5. The number of aryl methyl sites for hydroxylation is 1. The van der Waals surface area contributed by atoms with Crippen molar-refractivity contribution in [2.75, 3.05) is 32.7 Å². The second-order valence-electron chi connectivity index (χ2n) is 7.76. The van der Waals surface area contributed by atoms with Gasteiger partial charge in [0.15, 0.2) is 11.9 Å². The van der Waals surface area contributed by atoms with Crippen molar-refractivity contribution in [3.8, 4) is 0 Å². The van der Waals surface area contributed by atoms with E-state index in [2.05, 4.69) is 15.2 Å². The first-order valence-electron chi connectivity index (χ1n) is 10.2. The lowest BCUT2D eigenvalue weighted by atomic mass is 9.96. The summed E-state index contributed by atoms with van der Waals surface area (Å²) in [4.78, 5) is 31.7. The number of aromatic nitrogens is 1. The second kappa shape index (κ2) is 7.54. The van der Waals surface area contributed by atoms with E-state index in [-0.39, 0.29) is 11.6 Å². The van der Waals surface area contributed by atoms with Crippen LogP contribution in [0.15, 0.2) is 42.7 Å². The third-order valence-electron chi connectivity index (χ3n) is 5.92. The van der Waals surface area contributed by atoms with E-state index < -0.39 is 6.10 Å². The molecule has 0 radical (unpaired) electrons. The summed E-state index contributed by atoms with van der Waals surface area (Å²) in [5, 5.41) is 3.34. The van der Waals surface area contributed by atoms with Crippen LogP contribution in [0.3, 0.4) is 0 Å². The Morgan fingerprint density at radius 1 is 1.03 bits per heavy atom. The van der Waals surface area contributed by atoms with Gasteiger partial charge in [0, 0.05) is 62.7 Å². The summed E-state index contributed by atoms with van der Waals surface area (Å²) in [6, 6.07) is 9.48. The molecule has 0 bridgehead atoms. The van der Waals surface area contributed by atoms with Gasteiger partial charge in [-0.15, -0.1) is 0 Å². The first kappa shape index (κ1) is 18.2. The molecule has 0 spiro atoms. The van der Waals surface area contributed by atoms with Crippen LogP contribution < -0.4 is 5.32 Å². The van der Waals surface area contributed by atoms with Crippen LogP contribution in [0.4, 0.5) is 0 Å². The number of pyridine rings is 1. The van der Waals surface area contributed by atoms with E-state index in [0.29, 0.717) is 24.3 Å². The van der Waals surface area contributed by atoms with E-state index in [1.54, 1.807) is 12.4 Å². The maximum Gasteiger partial charge on any atom is 0.208 e. The molecule has 0 saturated carbocycles. The van der Waals surface area contributed by atoms with Crippen molar-refractivity contribution in [2.24, 2.45) is 0 Å². The number of rotatable bonds is 4. The Labute approximate surface area is 169 Å². The van der Waals surface area contributed by atoms with Crippen molar-refractivity contribution in [3.05, 3.63) is 65.0 Å². The summed E-state index contributed by atoms with van der Waals surface area (Å²) in [5.41, 5.74) is 4.12. The van der Waals surface area contributed by atoms with Gasteiger partial charge in [-0.2, -0.15) is 0 Å². The molecular weight excluding hydrogens is 366 g/mol. The molecule has 0 amide bonds. The summed E-state index contributed by atoms with van der Waals surface area (Å²) in [6.45, 7) is 4.26. The van der Waals surface area contributed by atoms with Crippen molar-refractivity contribution in [1.82, 2.24) is 15.2 Å². The van der Waals surface area contributed by atoms with E-state index in [4.69, 9.17) is 4.74 Å². The first-order chi connectivity index (χ1) is 14.2. The number of carbonyl (C=O) groups is 2. The third kappa shape index (κ3) is 3.39. The molecule has 1 unspecified atom stereocenters. The number of fused-ring (bicyclic) bond motifs is 1. The number of ether oxygens (including phenoxy) is 1. The van der Waals surface area contributed by atoms with Gasteiger partial charge in [0.1, 0.15) is 5.76 Å². The highest BCUT2D eigenvalue weighted by Crippen LogP contribution is 2.38. The Bertz CT molecular complexity index is 994. The molecule has 1 aromatic carbocycles. The highest BCUT2D eigenvalue weighted by molar-refractivity contribution is 6.31. The molecule has 1 atom stereocenters. The topological polar surface area (TPSA) is 71.5 Å². The first-order valence-corrected chi connectivity index (χ1v) is 10.2. The van der Waals surface area contributed by atoms with Crippen LogP contribution in [0.1, 0.15) is 33.5 Å². The SMILES string of the molecule is O=C1CCc2cc(C3=C(c4ccncc4)C(=O)C(CN4CCNCC4)O3)ccc21. The van der Waals surface area contributed by atoms with Crippen LogP contribution in [0.25, 0.3) is 11.3 Å². The normalized spacial score (nSPS) is 22.1. The standard InChI is InChI=1S/C23H23N3O3/c27-19-4-2-16-13-17(1-3-18(16)19)23-21(15-5-7-24-8-6-15)22(28)20(29-23)14-26-11-9-25-10-12-26/h1,3,5-8,13,20,25H,2,4,9-12,14H2. The molecular formula is C23H23N3O3. The lowest BCUT2D eigenvalue weighted by molar-refractivity contribution is -0.120. The fourth-order valence-electron chi connectivity index (χ4n) is 4.38. The highest BCUT2D eigenvalue weighted by Gasteiger charge is 2.38. The molecule has 3 aliphatic rings. The molecule has 1 saturated heterocycles. The molecule has 3 heterocycles. The molecule has 1 N–H and O–H groups in total. The Balaban J connectivity index is 1.51. The molecule has 2 aromatic rings. The average Bonchev–Trinajstić information content (AvgIpc) is 3.29. The largest absolute Gasteiger partial charge is 0.479 e. The molecule has 1 fully saturated rings. The van der Waals surface area contributed by atoms with Gasteiger partial charge in [-0.05, 0) is 35.7 Å². The quantitative estimate of drug-likeness (QED) is 0.862. The number of benzene rings is 1. The van der Waals surface area contributed by atoms with Gasteiger partial charge in [-0.3, -0.25) is 19.5 Å². The van der Waals surface area contributed by atoms with Crippen LogP contribution in [0.2, 0.25) is 0 Å². The van der Waals surface area contributed by atoms with E-state index in [9.17, 15) is 9.59 Å². The Morgan fingerprint density at radius 2 is 1.83 bits per heavy atom. The lowest BCUT2D eigenvalue weighted by Crippen LogP contribution is -2.47. The summed E-state index contributed by atoms with van der Waals surface area (Å²) in [6.07, 6.45) is 4.18. The van der Waals surface area contributed by atoms with Crippen molar-refractivity contribution < 1.29 is 14.3 Å². The fraction of sp³-hybridized carbons (Fsp3) is 0.348. The molecule has 148 valence electrons. The van der Waals surface area contributed by atoms with Crippen LogP contribution in [0.5, 0.6) is 0 Å². The van der Waals surface area contributed by atoms with E-state index >= 15 is 0 Å². The van der Waals surface area contributed by atoms with Gasteiger partial charge in [0.2, 0.25) is 5.78 Å². The van der Waals surface area contributed by atoms with E-state index in [1.165, 1.54) is 0 Å². The van der Waals surface area contributed by atoms with Crippen molar-refractivity contribution >= 4 is 22.9 Å². The lowest BCUT2D eigenvalue weighted by Gasteiger charge is -2.29. The minimum atomic E-state index is -0.513. The number of hydrogen-bond donors (Lipinski definition) is 1. The third-order valence-corrected chi connectivity index (χ3v) is 5.92. The molecule has 29 heavy (non-hydrogen) atoms. The fourth-order valence-corrected chi connectivity index (χ4v) is 4.38. The van der Waals surface area contributed by atoms with Gasteiger partial charge in [-0.25, -0.2) is 0 Å². The van der Waals surface area contributed by atoms with Crippen LogP contribution in [0, 0.1) is 0 Å². The van der Waals surface area contributed by atoms with Gasteiger partial charge < -0.3 is 10.1 Å². The predicted octanol–water partition coefficient (Wildman–Crippen LogP) is 1.95. The summed E-state index contributed by atoms with van der Waals surface area (Å²) < 4.78 is 6.28. The molecule has 6 nitrogen and oxygen atoms in total. The smallest absolute Gasteiger partial charge is 0.208 e. The molecule has 6 heteroatoms. The molecule has 5 rings (SSSR count). The second-order valence-corrected chi connectivity index (χ2v) is 7.76. The maximum atomic E-state index is 13.3. The number of piperazine rings is 1. The van der Waals surface area contributed by atoms with Gasteiger partial charge in [-0.1, -0.05) is 12.1 Å². The number of nitrogens with zero attached hydrogens (tertiary/aromatic N) is 2. The zero-order valence-corrected chi connectivity index (χ0v) is 16.2.